The Hall–Kier alpha value is -1.79. The van der Waals surface area contributed by atoms with Crippen LogP contribution in [0.15, 0.2) is 29.8 Å². The Bertz CT molecular complexity index is 609. The molecule has 0 aliphatic rings. The van der Waals surface area contributed by atoms with Crippen LogP contribution in [0.25, 0.3) is 10.7 Å². The van der Waals surface area contributed by atoms with Crippen molar-refractivity contribution >= 4 is 17.3 Å². The van der Waals surface area contributed by atoms with Gasteiger partial charge in [-0.05, 0) is 25.0 Å². The summed E-state index contributed by atoms with van der Waals surface area (Å²) in [7, 11) is 0. The minimum Gasteiger partial charge on any atom is -0.481 e. The number of thiazole rings is 1. The van der Waals surface area contributed by atoms with Gasteiger partial charge in [-0.15, -0.1) is 11.3 Å². The lowest BCUT2D eigenvalue weighted by atomic mass is 9.82. The molecule has 0 aliphatic carbocycles. The summed E-state index contributed by atoms with van der Waals surface area (Å²) in [5.41, 5.74) is 1.08. The second-order valence-corrected chi connectivity index (χ2v) is 6.11. The predicted octanol–water partition coefficient (Wildman–Crippen LogP) is 3.19. The maximum atomic E-state index is 11.5. The molecule has 0 aliphatic heterocycles. The molecule has 2 rings (SSSR count). The van der Waals surface area contributed by atoms with Gasteiger partial charge in [-0.3, -0.25) is 9.78 Å². The van der Waals surface area contributed by atoms with E-state index < -0.39 is 11.4 Å². The molecule has 2 aromatic rings. The molecule has 0 radical (unpaired) electrons. The smallest absolute Gasteiger partial charge is 0.310 e. The van der Waals surface area contributed by atoms with Crippen molar-refractivity contribution in [3.05, 3.63) is 35.5 Å². The highest BCUT2D eigenvalue weighted by molar-refractivity contribution is 7.13. The lowest BCUT2D eigenvalue weighted by Gasteiger charge is -2.26. The zero-order chi connectivity index (χ0) is 16.0. The van der Waals surface area contributed by atoms with Gasteiger partial charge in [-0.25, -0.2) is 4.98 Å². The highest BCUT2D eigenvalue weighted by atomic mass is 32.1. The highest BCUT2D eigenvalue weighted by Crippen LogP contribution is 2.26. The van der Waals surface area contributed by atoms with E-state index in [2.05, 4.69) is 15.3 Å². The number of carbonyl (C=O) groups is 1. The predicted molar refractivity (Wildman–Crippen MR) is 87.7 cm³/mol. The Morgan fingerprint density at radius 1 is 1.36 bits per heavy atom. The Morgan fingerprint density at radius 2 is 2.14 bits per heavy atom. The zero-order valence-corrected chi connectivity index (χ0v) is 13.7. The monoisotopic (exact) mass is 319 g/mol. The van der Waals surface area contributed by atoms with Crippen LogP contribution in [-0.4, -0.2) is 27.6 Å². The first-order valence-electron chi connectivity index (χ1n) is 7.41. The fourth-order valence-corrected chi connectivity index (χ4v) is 3.10. The van der Waals surface area contributed by atoms with Gasteiger partial charge < -0.3 is 10.4 Å². The Morgan fingerprint density at radius 3 is 2.73 bits per heavy atom. The fraction of sp³-hybridized carbons (Fsp3) is 0.438. The third kappa shape index (κ3) is 3.69. The van der Waals surface area contributed by atoms with E-state index in [0.29, 0.717) is 25.9 Å². The number of hydrogen-bond donors (Lipinski definition) is 2. The minimum atomic E-state index is -0.738. The minimum absolute atomic E-state index is 0.450. The van der Waals surface area contributed by atoms with Gasteiger partial charge in [-0.2, -0.15) is 0 Å². The van der Waals surface area contributed by atoms with Crippen molar-refractivity contribution in [1.82, 2.24) is 15.3 Å². The van der Waals surface area contributed by atoms with E-state index in [9.17, 15) is 9.90 Å². The lowest BCUT2D eigenvalue weighted by molar-refractivity contribution is -0.149. The van der Waals surface area contributed by atoms with E-state index in [4.69, 9.17) is 0 Å². The Kier molecular flexibility index (Phi) is 5.63. The van der Waals surface area contributed by atoms with Gasteiger partial charge in [0, 0.05) is 24.7 Å². The number of rotatable bonds is 8. The molecule has 22 heavy (non-hydrogen) atoms. The number of hydrogen-bond acceptors (Lipinski definition) is 5. The van der Waals surface area contributed by atoms with Gasteiger partial charge >= 0.3 is 5.97 Å². The summed E-state index contributed by atoms with van der Waals surface area (Å²) in [6, 6.07) is 5.74. The molecule has 2 N–H and O–H groups in total. The molecule has 0 fully saturated rings. The van der Waals surface area contributed by atoms with Crippen molar-refractivity contribution in [3.63, 3.8) is 0 Å². The Labute approximate surface area is 134 Å². The first kappa shape index (κ1) is 16.6. The number of aromatic nitrogens is 2. The number of aliphatic carboxylic acids is 1. The van der Waals surface area contributed by atoms with Gasteiger partial charge in [0.2, 0.25) is 0 Å². The average molecular weight is 319 g/mol. The average Bonchev–Trinajstić information content (AvgIpc) is 3.01. The summed E-state index contributed by atoms with van der Waals surface area (Å²) in [4.78, 5) is 20.3. The van der Waals surface area contributed by atoms with Gasteiger partial charge in [0.05, 0.1) is 16.8 Å². The van der Waals surface area contributed by atoms with E-state index in [0.717, 1.165) is 16.4 Å². The first-order valence-corrected chi connectivity index (χ1v) is 8.29. The van der Waals surface area contributed by atoms with Crippen LogP contribution >= 0.6 is 11.3 Å². The number of carboxylic acid groups (broad SMARTS) is 1. The number of nitrogens with one attached hydrogen (secondary N) is 1. The molecule has 0 aromatic carbocycles. The summed E-state index contributed by atoms with van der Waals surface area (Å²) in [5.74, 6) is -0.738. The van der Waals surface area contributed by atoms with E-state index in [1.165, 1.54) is 0 Å². The Balaban J connectivity index is 1.96. The highest BCUT2D eigenvalue weighted by Gasteiger charge is 2.34. The normalized spacial score (nSPS) is 11.5. The first-order chi connectivity index (χ1) is 10.6. The molecular weight excluding hydrogens is 298 g/mol. The third-order valence-electron chi connectivity index (χ3n) is 4.01. The molecule has 5 nitrogen and oxygen atoms in total. The van der Waals surface area contributed by atoms with Crippen LogP contribution in [0.1, 0.15) is 32.4 Å². The van der Waals surface area contributed by atoms with Crippen LogP contribution in [-0.2, 0) is 11.3 Å². The maximum Gasteiger partial charge on any atom is 0.310 e. The van der Waals surface area contributed by atoms with E-state index in [1.54, 1.807) is 17.5 Å². The van der Waals surface area contributed by atoms with Gasteiger partial charge in [0.1, 0.15) is 5.01 Å². The van der Waals surface area contributed by atoms with E-state index in [-0.39, 0.29) is 0 Å². The molecule has 0 atom stereocenters. The number of carboxylic acids is 1. The van der Waals surface area contributed by atoms with Crippen molar-refractivity contribution in [2.24, 2.45) is 5.41 Å². The van der Waals surface area contributed by atoms with Crippen molar-refractivity contribution in [3.8, 4) is 10.7 Å². The van der Waals surface area contributed by atoms with E-state index >= 15 is 0 Å². The van der Waals surface area contributed by atoms with Gasteiger partial charge in [0.25, 0.3) is 0 Å². The molecule has 6 heteroatoms. The summed E-state index contributed by atoms with van der Waals surface area (Å²) in [5, 5.41) is 15.5. The molecule has 0 saturated carbocycles. The molecular formula is C16H21N3O2S. The van der Waals surface area contributed by atoms with Gasteiger partial charge in [0.15, 0.2) is 0 Å². The van der Waals surface area contributed by atoms with Crippen molar-refractivity contribution in [2.45, 2.75) is 33.2 Å². The number of nitrogens with zero attached hydrogens (tertiary/aromatic N) is 2. The molecule has 118 valence electrons. The number of pyridine rings is 1. The molecule has 0 amide bonds. The van der Waals surface area contributed by atoms with Crippen LogP contribution in [0.3, 0.4) is 0 Å². The second kappa shape index (κ2) is 7.47. The van der Waals surface area contributed by atoms with Crippen LogP contribution < -0.4 is 5.32 Å². The summed E-state index contributed by atoms with van der Waals surface area (Å²) < 4.78 is 0. The third-order valence-corrected chi connectivity index (χ3v) is 4.93. The second-order valence-electron chi connectivity index (χ2n) is 5.26. The standard InChI is InChI=1S/C16H21N3O2S/c1-3-16(4-2,15(20)21)11-17-9-12-10-22-14(19-12)13-7-5-6-8-18-13/h5-8,10,17H,3-4,9,11H2,1-2H3,(H,20,21). The molecule has 0 unspecified atom stereocenters. The quantitative estimate of drug-likeness (QED) is 0.781. The van der Waals surface area contributed by atoms with Gasteiger partial charge in [-0.1, -0.05) is 19.9 Å². The molecule has 2 heterocycles. The SMILES string of the molecule is CCC(CC)(CNCc1csc(-c2ccccn2)n1)C(=O)O. The summed E-state index contributed by atoms with van der Waals surface area (Å²) in [6.07, 6.45) is 2.97. The summed E-state index contributed by atoms with van der Waals surface area (Å²) in [6.45, 7) is 4.85. The molecule has 0 bridgehead atoms. The molecule has 0 spiro atoms. The molecule has 2 aromatic heterocycles. The maximum absolute atomic E-state index is 11.5. The van der Waals surface area contributed by atoms with Crippen molar-refractivity contribution in [2.75, 3.05) is 6.54 Å². The van der Waals surface area contributed by atoms with Crippen LogP contribution in [0.5, 0.6) is 0 Å². The largest absolute Gasteiger partial charge is 0.481 e. The van der Waals surface area contributed by atoms with Crippen molar-refractivity contribution in [1.29, 1.82) is 0 Å². The lowest BCUT2D eigenvalue weighted by Crippen LogP contribution is -2.40. The van der Waals surface area contributed by atoms with E-state index in [1.807, 2.05) is 37.4 Å². The molecule has 0 saturated heterocycles. The van der Waals surface area contributed by atoms with Crippen LogP contribution in [0, 0.1) is 5.41 Å². The van der Waals surface area contributed by atoms with Crippen LogP contribution in [0.4, 0.5) is 0 Å². The van der Waals surface area contributed by atoms with Crippen molar-refractivity contribution < 1.29 is 9.90 Å². The zero-order valence-electron chi connectivity index (χ0n) is 12.9. The fourth-order valence-electron chi connectivity index (χ4n) is 2.30. The topological polar surface area (TPSA) is 75.1 Å². The summed E-state index contributed by atoms with van der Waals surface area (Å²) >= 11 is 1.55. The van der Waals surface area contributed by atoms with Crippen LogP contribution in [0.2, 0.25) is 0 Å².